The van der Waals surface area contributed by atoms with Crippen molar-refractivity contribution in [3.63, 3.8) is 0 Å². The van der Waals surface area contributed by atoms with Gasteiger partial charge in [-0.25, -0.2) is 8.42 Å². The minimum absolute atomic E-state index is 0.113. The van der Waals surface area contributed by atoms with Crippen LogP contribution in [-0.2, 0) is 14.6 Å². The van der Waals surface area contributed by atoms with Gasteiger partial charge in [-0.15, -0.1) is 0 Å². The summed E-state index contributed by atoms with van der Waals surface area (Å²) in [5.41, 5.74) is 0.480. The SMILES string of the molecule is C=CC(=O)N(CC(C)C)c1cc(OC)cc(S(C)(=O)=O)c1. The molecule has 0 aliphatic rings. The van der Waals surface area contributed by atoms with Crippen molar-refractivity contribution < 1.29 is 17.9 Å². The minimum Gasteiger partial charge on any atom is -0.497 e. The third-order valence-electron chi connectivity index (χ3n) is 2.83. The molecule has 0 aromatic heterocycles. The number of carbonyl (C=O) groups excluding carboxylic acids is 1. The van der Waals surface area contributed by atoms with E-state index >= 15 is 0 Å². The van der Waals surface area contributed by atoms with Crippen LogP contribution < -0.4 is 9.64 Å². The van der Waals surface area contributed by atoms with Gasteiger partial charge in [0.15, 0.2) is 9.84 Å². The van der Waals surface area contributed by atoms with E-state index in [1.54, 1.807) is 6.07 Å². The summed E-state index contributed by atoms with van der Waals surface area (Å²) in [5, 5.41) is 0. The summed E-state index contributed by atoms with van der Waals surface area (Å²) in [6, 6.07) is 4.55. The van der Waals surface area contributed by atoms with E-state index in [-0.39, 0.29) is 16.7 Å². The van der Waals surface area contributed by atoms with E-state index in [1.807, 2.05) is 13.8 Å². The normalized spacial score (nSPS) is 11.3. The largest absolute Gasteiger partial charge is 0.497 e. The maximum Gasteiger partial charge on any atom is 0.250 e. The van der Waals surface area contributed by atoms with Crippen molar-refractivity contribution >= 4 is 21.4 Å². The van der Waals surface area contributed by atoms with Gasteiger partial charge in [-0.2, -0.15) is 0 Å². The van der Waals surface area contributed by atoms with Crippen molar-refractivity contribution in [2.75, 3.05) is 24.8 Å². The van der Waals surface area contributed by atoms with Crippen LogP contribution in [-0.4, -0.2) is 34.2 Å². The van der Waals surface area contributed by atoms with Crippen LogP contribution in [0.4, 0.5) is 5.69 Å². The number of ether oxygens (including phenoxy) is 1. The third kappa shape index (κ3) is 4.60. The summed E-state index contributed by atoms with van der Waals surface area (Å²) < 4.78 is 28.6. The lowest BCUT2D eigenvalue weighted by molar-refractivity contribution is -0.114. The van der Waals surface area contributed by atoms with Crippen LogP contribution in [0.15, 0.2) is 35.7 Å². The summed E-state index contributed by atoms with van der Waals surface area (Å²) in [5.74, 6) is 0.330. The molecule has 1 rings (SSSR count). The topological polar surface area (TPSA) is 63.7 Å². The van der Waals surface area contributed by atoms with E-state index in [0.717, 1.165) is 6.26 Å². The van der Waals surface area contributed by atoms with Crippen LogP contribution in [0.25, 0.3) is 0 Å². The first-order valence-electron chi connectivity index (χ1n) is 6.52. The second-order valence-corrected chi connectivity index (χ2v) is 7.20. The highest BCUT2D eigenvalue weighted by molar-refractivity contribution is 7.90. The van der Waals surface area contributed by atoms with Gasteiger partial charge in [0.25, 0.3) is 0 Å². The number of nitrogens with zero attached hydrogens (tertiary/aromatic N) is 1. The van der Waals surface area contributed by atoms with Gasteiger partial charge in [-0.05, 0) is 24.1 Å². The van der Waals surface area contributed by atoms with E-state index in [9.17, 15) is 13.2 Å². The second kappa shape index (κ2) is 6.76. The molecule has 1 aromatic carbocycles. The van der Waals surface area contributed by atoms with Crippen molar-refractivity contribution in [1.82, 2.24) is 0 Å². The Hall–Kier alpha value is -1.82. The Morgan fingerprint density at radius 3 is 2.43 bits per heavy atom. The Bertz CT molecular complexity index is 635. The lowest BCUT2D eigenvalue weighted by atomic mass is 10.1. The zero-order valence-corrected chi connectivity index (χ0v) is 13.6. The summed E-state index contributed by atoms with van der Waals surface area (Å²) in [7, 11) is -1.94. The molecule has 0 atom stereocenters. The van der Waals surface area contributed by atoms with Gasteiger partial charge >= 0.3 is 0 Å². The predicted octanol–water partition coefficient (Wildman–Crippen LogP) is 2.27. The molecular formula is C15H21NO4S. The van der Waals surface area contributed by atoms with Crippen molar-refractivity contribution in [3.05, 3.63) is 30.9 Å². The number of hydrogen-bond donors (Lipinski definition) is 0. The van der Waals surface area contributed by atoms with Crippen molar-refractivity contribution in [3.8, 4) is 5.75 Å². The quantitative estimate of drug-likeness (QED) is 0.756. The molecule has 21 heavy (non-hydrogen) atoms. The fraction of sp³-hybridized carbons (Fsp3) is 0.400. The van der Waals surface area contributed by atoms with E-state index < -0.39 is 9.84 Å². The highest BCUT2D eigenvalue weighted by Gasteiger charge is 2.18. The standard InChI is InChI=1S/C15H21NO4S/c1-6-15(17)16(10-11(2)3)12-7-13(20-4)9-14(8-12)21(5,18)19/h6-9,11H,1,10H2,2-5H3. The van der Waals surface area contributed by atoms with Gasteiger partial charge in [0.2, 0.25) is 5.91 Å². The smallest absolute Gasteiger partial charge is 0.250 e. The molecule has 0 bridgehead atoms. The maximum absolute atomic E-state index is 12.0. The molecule has 0 saturated heterocycles. The molecule has 0 radical (unpaired) electrons. The lowest BCUT2D eigenvalue weighted by Crippen LogP contribution is -2.32. The maximum atomic E-state index is 12.0. The summed E-state index contributed by atoms with van der Waals surface area (Å²) in [6.45, 7) is 7.89. The second-order valence-electron chi connectivity index (χ2n) is 5.19. The first kappa shape index (κ1) is 17.2. The van der Waals surface area contributed by atoms with Gasteiger partial charge in [0, 0.05) is 24.6 Å². The molecule has 1 aromatic rings. The Morgan fingerprint density at radius 2 is 2.00 bits per heavy atom. The van der Waals surface area contributed by atoms with Gasteiger partial charge in [0.1, 0.15) is 5.75 Å². The first-order valence-corrected chi connectivity index (χ1v) is 8.41. The average Bonchev–Trinajstić information content (AvgIpc) is 2.42. The monoisotopic (exact) mass is 311 g/mol. The Kier molecular flexibility index (Phi) is 5.54. The highest BCUT2D eigenvalue weighted by atomic mass is 32.2. The molecule has 0 saturated carbocycles. The van der Waals surface area contributed by atoms with Gasteiger partial charge in [0.05, 0.1) is 12.0 Å². The van der Waals surface area contributed by atoms with Crippen LogP contribution in [0, 0.1) is 5.92 Å². The fourth-order valence-electron chi connectivity index (χ4n) is 1.84. The van der Waals surface area contributed by atoms with E-state index in [1.165, 1.54) is 30.2 Å². The lowest BCUT2D eigenvalue weighted by Gasteiger charge is -2.24. The molecule has 0 aliphatic carbocycles. The first-order chi connectivity index (χ1) is 9.68. The van der Waals surface area contributed by atoms with Crippen molar-refractivity contribution in [1.29, 1.82) is 0 Å². The van der Waals surface area contributed by atoms with Crippen LogP contribution in [0.1, 0.15) is 13.8 Å². The number of benzene rings is 1. The summed E-state index contributed by atoms with van der Waals surface area (Å²) in [4.78, 5) is 13.6. The van der Waals surface area contributed by atoms with Gasteiger partial charge in [-0.1, -0.05) is 20.4 Å². The number of hydrogen-bond acceptors (Lipinski definition) is 4. The van der Waals surface area contributed by atoms with Crippen LogP contribution in [0.5, 0.6) is 5.75 Å². The number of carbonyl (C=O) groups is 1. The van der Waals surface area contributed by atoms with Gasteiger partial charge < -0.3 is 9.64 Å². The van der Waals surface area contributed by atoms with E-state index in [4.69, 9.17) is 4.74 Å². The van der Waals surface area contributed by atoms with Crippen molar-refractivity contribution in [2.24, 2.45) is 5.92 Å². The Morgan fingerprint density at radius 1 is 1.38 bits per heavy atom. The molecule has 5 nitrogen and oxygen atoms in total. The van der Waals surface area contributed by atoms with Crippen LogP contribution >= 0.6 is 0 Å². The summed E-state index contributed by atoms with van der Waals surface area (Å²) in [6.07, 6.45) is 2.33. The average molecular weight is 311 g/mol. The molecule has 6 heteroatoms. The van der Waals surface area contributed by atoms with E-state index in [0.29, 0.717) is 18.0 Å². The molecule has 0 spiro atoms. The molecule has 0 aliphatic heterocycles. The van der Waals surface area contributed by atoms with Crippen molar-refractivity contribution in [2.45, 2.75) is 18.7 Å². The number of methoxy groups -OCH3 is 1. The zero-order chi connectivity index (χ0) is 16.2. The number of anilines is 1. The minimum atomic E-state index is -3.40. The fourth-order valence-corrected chi connectivity index (χ4v) is 2.51. The molecule has 0 unspecified atom stereocenters. The van der Waals surface area contributed by atoms with E-state index in [2.05, 4.69) is 6.58 Å². The third-order valence-corrected chi connectivity index (χ3v) is 3.92. The Labute approximate surface area is 126 Å². The number of amides is 1. The molecule has 116 valence electrons. The number of rotatable bonds is 6. The zero-order valence-electron chi connectivity index (χ0n) is 12.8. The molecule has 1 amide bonds. The molecule has 0 fully saturated rings. The van der Waals surface area contributed by atoms with Gasteiger partial charge in [-0.3, -0.25) is 4.79 Å². The predicted molar refractivity (Wildman–Crippen MR) is 83.5 cm³/mol. The van der Waals surface area contributed by atoms with Crippen LogP contribution in [0.2, 0.25) is 0 Å². The molecule has 0 heterocycles. The molecular weight excluding hydrogens is 290 g/mol. The molecule has 0 N–H and O–H groups in total. The summed E-state index contributed by atoms with van der Waals surface area (Å²) >= 11 is 0. The Balaban J connectivity index is 3.43. The van der Waals surface area contributed by atoms with Crippen LogP contribution in [0.3, 0.4) is 0 Å². The number of sulfone groups is 1. The highest BCUT2D eigenvalue weighted by Crippen LogP contribution is 2.27.